The van der Waals surface area contributed by atoms with Gasteiger partial charge in [-0.15, -0.1) is 0 Å². The Labute approximate surface area is 286 Å². The van der Waals surface area contributed by atoms with Crippen molar-refractivity contribution < 1.29 is 13.9 Å². The normalized spacial score (nSPS) is 22.5. The second-order valence-corrected chi connectivity index (χ2v) is 14.4. The van der Waals surface area contributed by atoms with Crippen molar-refractivity contribution in [3.05, 3.63) is 65.1 Å². The minimum absolute atomic E-state index is 0.0989. The molecule has 1 spiro atoms. The SMILES string of the molecule is C=C(F)C(=O)N1CCN(c2nc(OCC3CCCN3C)nc3c2CCC2(CCN(c4cccc5cccc(Cl)c45)CC2)C3)C[C@@H]1CC#N. The van der Waals surface area contributed by atoms with Crippen LogP contribution in [0.1, 0.15) is 49.8 Å². The molecular formula is C37H43ClFN7O2. The number of likely N-dealkylation sites (tertiary alicyclic amines) is 1. The average molecular weight is 672 g/mol. The second-order valence-electron chi connectivity index (χ2n) is 14.0. The number of nitriles is 1. The molecule has 1 aliphatic carbocycles. The number of rotatable bonds is 7. The maximum atomic E-state index is 13.9. The summed E-state index contributed by atoms with van der Waals surface area (Å²) >= 11 is 6.70. The standard InChI is InChI=1S/C37H43ClFN7O2/c1-25(39)35(47)46-21-20-45(23-27(46)12-16-40)34-29-11-13-37(22-31(29)41-36(42-34)48-24-28-8-5-17-43(28)2)14-18-44(19-15-37)32-10-4-7-26-6-3-9-30(38)33(26)32/h3-4,6-7,9-10,27-28H,1,5,8,11-15,17-24H2,2H3/t27-,28?/m0/s1. The van der Waals surface area contributed by atoms with E-state index in [-0.39, 0.29) is 18.4 Å². The number of hydrogen-bond donors (Lipinski definition) is 0. The van der Waals surface area contributed by atoms with Crippen molar-refractivity contribution >= 4 is 39.8 Å². The van der Waals surface area contributed by atoms with Gasteiger partial charge in [0.05, 0.1) is 29.2 Å². The molecule has 3 aliphatic heterocycles. The molecule has 3 aromatic rings. The van der Waals surface area contributed by atoms with E-state index in [1.165, 1.54) is 10.6 Å². The van der Waals surface area contributed by atoms with Crippen molar-refractivity contribution in [3.63, 3.8) is 0 Å². The van der Waals surface area contributed by atoms with Crippen molar-refractivity contribution in [3.8, 4) is 12.1 Å². The fourth-order valence-electron chi connectivity index (χ4n) is 8.36. The Hall–Kier alpha value is -3.94. The molecule has 11 heteroatoms. The summed E-state index contributed by atoms with van der Waals surface area (Å²) in [7, 11) is 2.13. The lowest BCUT2D eigenvalue weighted by Crippen LogP contribution is -2.55. The Kier molecular flexibility index (Phi) is 9.18. The van der Waals surface area contributed by atoms with Crippen LogP contribution in [0.15, 0.2) is 48.8 Å². The van der Waals surface area contributed by atoms with Crippen molar-refractivity contribution in [2.24, 2.45) is 5.41 Å². The Morgan fingerprint density at radius 1 is 1.08 bits per heavy atom. The number of aromatic nitrogens is 2. The highest BCUT2D eigenvalue weighted by atomic mass is 35.5. The molecule has 2 aromatic carbocycles. The summed E-state index contributed by atoms with van der Waals surface area (Å²) in [6, 6.07) is 14.9. The number of anilines is 2. The van der Waals surface area contributed by atoms with Gasteiger partial charge in [0, 0.05) is 55.4 Å². The third kappa shape index (κ3) is 6.30. The molecule has 0 saturated carbocycles. The van der Waals surface area contributed by atoms with Crippen LogP contribution in [0.2, 0.25) is 5.02 Å². The number of likely N-dealkylation sites (N-methyl/N-ethyl adjacent to an activating group) is 1. The molecule has 1 unspecified atom stereocenters. The van der Waals surface area contributed by atoms with E-state index in [1.54, 1.807) is 0 Å². The number of carbonyl (C=O) groups excluding carboxylic acids is 1. The lowest BCUT2D eigenvalue weighted by atomic mass is 9.67. The van der Waals surface area contributed by atoms with Gasteiger partial charge in [0.2, 0.25) is 0 Å². The second kappa shape index (κ2) is 13.5. The highest BCUT2D eigenvalue weighted by Crippen LogP contribution is 2.47. The summed E-state index contributed by atoms with van der Waals surface area (Å²) in [4.78, 5) is 31.0. The number of hydrogen-bond acceptors (Lipinski definition) is 8. The molecule has 252 valence electrons. The van der Waals surface area contributed by atoms with E-state index < -0.39 is 17.8 Å². The van der Waals surface area contributed by atoms with Crippen LogP contribution in [0.25, 0.3) is 10.8 Å². The van der Waals surface area contributed by atoms with Crippen molar-refractivity contribution in [1.82, 2.24) is 19.8 Å². The first-order valence-electron chi connectivity index (χ1n) is 17.2. The van der Waals surface area contributed by atoms with E-state index in [9.17, 15) is 14.4 Å². The minimum atomic E-state index is -1.00. The van der Waals surface area contributed by atoms with Gasteiger partial charge in [0.1, 0.15) is 12.4 Å². The molecule has 2 atom stereocenters. The Bertz CT molecular complexity index is 1750. The first-order chi connectivity index (χ1) is 23.2. The number of piperazine rings is 1. The molecule has 0 radical (unpaired) electrons. The minimum Gasteiger partial charge on any atom is -0.462 e. The highest BCUT2D eigenvalue weighted by Gasteiger charge is 2.41. The molecule has 9 nitrogen and oxygen atoms in total. The van der Waals surface area contributed by atoms with Gasteiger partial charge < -0.3 is 24.3 Å². The predicted molar refractivity (Wildman–Crippen MR) is 186 cm³/mol. The fraction of sp³-hybridized carbons (Fsp3) is 0.514. The third-order valence-electron chi connectivity index (χ3n) is 11.2. The van der Waals surface area contributed by atoms with Crippen molar-refractivity contribution in [1.29, 1.82) is 5.26 Å². The molecule has 48 heavy (non-hydrogen) atoms. The topological polar surface area (TPSA) is 88.8 Å². The van der Waals surface area contributed by atoms with Crippen molar-refractivity contribution in [2.45, 2.75) is 63.5 Å². The molecule has 3 saturated heterocycles. The molecule has 3 fully saturated rings. The maximum absolute atomic E-state index is 13.9. The quantitative estimate of drug-likeness (QED) is 0.285. The number of benzene rings is 2. The molecule has 1 amide bonds. The summed E-state index contributed by atoms with van der Waals surface area (Å²) < 4.78 is 20.2. The summed E-state index contributed by atoms with van der Waals surface area (Å²) in [5.74, 6) is -0.928. The fourth-order valence-corrected chi connectivity index (χ4v) is 8.64. The zero-order chi connectivity index (χ0) is 33.4. The van der Waals surface area contributed by atoms with Gasteiger partial charge in [-0.25, -0.2) is 4.39 Å². The lowest BCUT2D eigenvalue weighted by Gasteiger charge is -2.46. The van der Waals surface area contributed by atoms with Crippen LogP contribution in [0, 0.1) is 16.7 Å². The number of fused-ring (bicyclic) bond motifs is 2. The first kappa shape index (κ1) is 32.6. The molecule has 7 rings (SSSR count). The molecule has 4 heterocycles. The van der Waals surface area contributed by atoms with E-state index in [2.05, 4.69) is 58.7 Å². The van der Waals surface area contributed by atoms with Crippen molar-refractivity contribution in [2.75, 3.05) is 62.7 Å². The predicted octanol–water partition coefficient (Wildman–Crippen LogP) is 5.95. The Balaban J connectivity index is 1.15. The molecule has 1 aromatic heterocycles. The summed E-state index contributed by atoms with van der Waals surface area (Å²) in [6.07, 6.45) is 7.17. The lowest BCUT2D eigenvalue weighted by molar-refractivity contribution is -0.131. The van der Waals surface area contributed by atoms with Gasteiger partial charge >= 0.3 is 6.01 Å². The Morgan fingerprint density at radius 2 is 1.88 bits per heavy atom. The molecule has 0 bridgehead atoms. The van der Waals surface area contributed by atoms with Crippen LogP contribution in [0.5, 0.6) is 6.01 Å². The molecular weight excluding hydrogens is 629 g/mol. The van der Waals surface area contributed by atoms with E-state index in [0.717, 1.165) is 97.5 Å². The number of carbonyl (C=O) groups is 1. The van der Waals surface area contributed by atoms with Gasteiger partial charge in [-0.1, -0.05) is 42.4 Å². The number of ether oxygens (including phenoxy) is 1. The first-order valence-corrected chi connectivity index (χ1v) is 17.6. The van der Waals surface area contributed by atoms with Gasteiger partial charge in [-0.05, 0) is 81.5 Å². The van der Waals surface area contributed by atoms with Crippen LogP contribution in [-0.2, 0) is 17.6 Å². The largest absolute Gasteiger partial charge is 0.462 e. The van der Waals surface area contributed by atoms with E-state index in [1.807, 2.05) is 12.1 Å². The van der Waals surface area contributed by atoms with Crippen LogP contribution >= 0.6 is 11.6 Å². The van der Waals surface area contributed by atoms with Gasteiger partial charge in [0.15, 0.2) is 5.83 Å². The van der Waals surface area contributed by atoms with E-state index >= 15 is 0 Å². The molecule has 0 N–H and O–H groups in total. The van der Waals surface area contributed by atoms with Crippen LogP contribution < -0.4 is 14.5 Å². The van der Waals surface area contributed by atoms with Gasteiger partial charge in [-0.2, -0.15) is 15.2 Å². The van der Waals surface area contributed by atoms with E-state index in [4.69, 9.17) is 26.3 Å². The van der Waals surface area contributed by atoms with Gasteiger partial charge in [-0.3, -0.25) is 4.79 Å². The number of piperidine rings is 1. The zero-order valence-electron chi connectivity index (χ0n) is 27.6. The summed E-state index contributed by atoms with van der Waals surface area (Å²) in [5, 5.41) is 12.6. The Morgan fingerprint density at radius 3 is 2.60 bits per heavy atom. The number of halogens is 2. The zero-order valence-corrected chi connectivity index (χ0v) is 28.4. The summed E-state index contributed by atoms with van der Waals surface area (Å²) in [6.45, 7) is 7.83. The monoisotopic (exact) mass is 671 g/mol. The summed E-state index contributed by atoms with van der Waals surface area (Å²) in [5.41, 5.74) is 3.49. The van der Waals surface area contributed by atoms with Crippen LogP contribution in [0.4, 0.5) is 15.9 Å². The van der Waals surface area contributed by atoms with E-state index in [0.29, 0.717) is 31.7 Å². The maximum Gasteiger partial charge on any atom is 0.318 e. The third-order valence-corrected chi connectivity index (χ3v) is 11.5. The number of amides is 1. The average Bonchev–Trinajstić information content (AvgIpc) is 3.51. The number of nitrogens with zero attached hydrogens (tertiary/aromatic N) is 7. The smallest absolute Gasteiger partial charge is 0.318 e. The molecule has 4 aliphatic rings. The van der Waals surface area contributed by atoms with Crippen LogP contribution in [0.3, 0.4) is 0 Å². The highest BCUT2D eigenvalue weighted by molar-refractivity contribution is 6.36. The van der Waals surface area contributed by atoms with Crippen LogP contribution in [-0.4, -0.2) is 90.7 Å². The van der Waals surface area contributed by atoms with Gasteiger partial charge in [0.25, 0.3) is 5.91 Å².